The van der Waals surface area contributed by atoms with Crippen LogP contribution in [-0.4, -0.2) is 40.8 Å². The summed E-state index contributed by atoms with van der Waals surface area (Å²) in [6, 6.07) is 4.59. The molecule has 2 atom stereocenters. The number of hydrogen-bond acceptors (Lipinski definition) is 5. The number of aromatic nitrogens is 2. The standard InChI is InChI=1S/C17H23N3O2S/c1-19-6-2-4-14(19)15-11-21-9-7-20(15)10-13-12-23-17(18-13)16-5-3-8-22-16/h2,4,6,12,15-16H,3,5,7-11H2,1H3/t15-,16-/m1/s1. The molecule has 0 saturated carbocycles. The number of nitrogens with zero attached hydrogens (tertiary/aromatic N) is 3. The monoisotopic (exact) mass is 333 g/mol. The van der Waals surface area contributed by atoms with Gasteiger partial charge in [-0.3, -0.25) is 4.90 Å². The highest BCUT2D eigenvalue weighted by atomic mass is 32.1. The van der Waals surface area contributed by atoms with Gasteiger partial charge in [0.2, 0.25) is 0 Å². The summed E-state index contributed by atoms with van der Waals surface area (Å²) in [5.41, 5.74) is 2.46. The van der Waals surface area contributed by atoms with Crippen molar-refractivity contribution in [3.63, 3.8) is 0 Å². The zero-order chi connectivity index (χ0) is 15.6. The summed E-state index contributed by atoms with van der Waals surface area (Å²) >= 11 is 1.74. The first-order valence-electron chi connectivity index (χ1n) is 8.30. The van der Waals surface area contributed by atoms with E-state index in [0.29, 0.717) is 6.04 Å². The molecular formula is C17H23N3O2S. The molecule has 0 aromatic carbocycles. The van der Waals surface area contributed by atoms with Gasteiger partial charge >= 0.3 is 0 Å². The van der Waals surface area contributed by atoms with Gasteiger partial charge in [0.05, 0.1) is 24.9 Å². The summed E-state index contributed by atoms with van der Waals surface area (Å²) in [5.74, 6) is 0. The fourth-order valence-electron chi connectivity index (χ4n) is 3.44. The van der Waals surface area contributed by atoms with E-state index < -0.39 is 0 Å². The van der Waals surface area contributed by atoms with Crippen LogP contribution >= 0.6 is 11.3 Å². The van der Waals surface area contributed by atoms with Crippen molar-refractivity contribution in [2.75, 3.05) is 26.4 Å². The van der Waals surface area contributed by atoms with E-state index in [-0.39, 0.29) is 6.10 Å². The van der Waals surface area contributed by atoms with Crippen LogP contribution < -0.4 is 0 Å². The third-order valence-corrected chi connectivity index (χ3v) is 5.69. The molecule has 2 aliphatic heterocycles. The molecule has 0 bridgehead atoms. The molecule has 2 aromatic heterocycles. The van der Waals surface area contributed by atoms with Gasteiger partial charge in [-0.2, -0.15) is 0 Å². The van der Waals surface area contributed by atoms with E-state index in [9.17, 15) is 0 Å². The first-order valence-corrected chi connectivity index (χ1v) is 9.18. The van der Waals surface area contributed by atoms with Crippen molar-refractivity contribution < 1.29 is 9.47 Å². The molecule has 2 aromatic rings. The molecule has 2 saturated heterocycles. The minimum Gasteiger partial charge on any atom is -0.378 e. The molecule has 6 heteroatoms. The first-order chi connectivity index (χ1) is 11.3. The van der Waals surface area contributed by atoms with Crippen molar-refractivity contribution in [1.82, 2.24) is 14.5 Å². The predicted molar refractivity (Wildman–Crippen MR) is 89.4 cm³/mol. The van der Waals surface area contributed by atoms with Gasteiger partial charge < -0.3 is 14.0 Å². The minimum atomic E-state index is 0.224. The first kappa shape index (κ1) is 15.3. The third kappa shape index (κ3) is 3.21. The highest BCUT2D eigenvalue weighted by Gasteiger charge is 2.27. The van der Waals surface area contributed by atoms with E-state index in [1.165, 1.54) is 5.69 Å². The molecule has 5 nitrogen and oxygen atoms in total. The zero-order valence-electron chi connectivity index (χ0n) is 13.5. The molecule has 0 N–H and O–H groups in total. The Hall–Kier alpha value is -1.21. The topological polar surface area (TPSA) is 39.5 Å². The van der Waals surface area contributed by atoms with Crippen LogP contribution in [0.1, 0.15) is 41.4 Å². The number of hydrogen-bond donors (Lipinski definition) is 0. The second kappa shape index (κ2) is 6.73. The fraction of sp³-hybridized carbons (Fsp3) is 0.588. The van der Waals surface area contributed by atoms with Gasteiger partial charge in [0.25, 0.3) is 0 Å². The lowest BCUT2D eigenvalue weighted by Gasteiger charge is -2.35. The van der Waals surface area contributed by atoms with E-state index in [4.69, 9.17) is 14.5 Å². The molecule has 2 aliphatic rings. The molecule has 0 radical (unpaired) electrons. The Kier molecular flexibility index (Phi) is 4.48. The van der Waals surface area contributed by atoms with Gasteiger partial charge in [-0.1, -0.05) is 0 Å². The summed E-state index contributed by atoms with van der Waals surface area (Å²) in [5, 5.41) is 3.33. The Balaban J connectivity index is 1.49. The molecule has 0 amide bonds. The largest absolute Gasteiger partial charge is 0.378 e. The minimum absolute atomic E-state index is 0.224. The van der Waals surface area contributed by atoms with Gasteiger partial charge in [-0.25, -0.2) is 4.98 Å². The maximum Gasteiger partial charge on any atom is 0.122 e. The van der Waals surface area contributed by atoms with Gasteiger partial charge in [-0.05, 0) is 25.0 Å². The Morgan fingerprint density at radius 3 is 3.13 bits per heavy atom. The maximum atomic E-state index is 5.75. The second-order valence-corrected chi connectivity index (χ2v) is 7.17. The van der Waals surface area contributed by atoms with Crippen molar-refractivity contribution in [3.05, 3.63) is 40.1 Å². The molecule has 23 heavy (non-hydrogen) atoms. The van der Waals surface area contributed by atoms with Crippen LogP contribution in [0.3, 0.4) is 0 Å². The normalized spacial score (nSPS) is 26.0. The van der Waals surface area contributed by atoms with Crippen molar-refractivity contribution >= 4 is 11.3 Å². The van der Waals surface area contributed by atoms with Crippen LogP contribution in [0.25, 0.3) is 0 Å². The van der Waals surface area contributed by atoms with E-state index in [1.807, 2.05) is 0 Å². The Labute approximate surface area is 140 Å². The molecule has 0 unspecified atom stereocenters. The Morgan fingerprint density at radius 1 is 1.39 bits per heavy atom. The number of aryl methyl sites for hydroxylation is 1. The van der Waals surface area contributed by atoms with Gasteiger partial charge in [0, 0.05) is 44.0 Å². The number of ether oxygens (including phenoxy) is 2. The van der Waals surface area contributed by atoms with Crippen LogP contribution in [0.5, 0.6) is 0 Å². The number of morpholine rings is 1. The molecule has 4 heterocycles. The number of rotatable bonds is 4. The molecule has 124 valence electrons. The molecular weight excluding hydrogens is 310 g/mol. The van der Waals surface area contributed by atoms with Crippen molar-refractivity contribution in [2.24, 2.45) is 7.05 Å². The number of thiazole rings is 1. The highest BCUT2D eigenvalue weighted by molar-refractivity contribution is 7.09. The Bertz CT molecular complexity index is 648. The summed E-state index contributed by atoms with van der Waals surface area (Å²) in [6.07, 6.45) is 4.58. The van der Waals surface area contributed by atoms with Gasteiger partial charge in [0.1, 0.15) is 11.1 Å². The summed E-state index contributed by atoms with van der Waals surface area (Å²) in [6.45, 7) is 4.24. The summed E-state index contributed by atoms with van der Waals surface area (Å²) in [7, 11) is 2.10. The van der Waals surface area contributed by atoms with E-state index >= 15 is 0 Å². The van der Waals surface area contributed by atoms with Crippen LogP contribution in [0.15, 0.2) is 23.7 Å². The summed E-state index contributed by atoms with van der Waals surface area (Å²) < 4.78 is 13.7. The predicted octanol–water partition coefficient (Wildman–Crippen LogP) is 2.91. The second-order valence-electron chi connectivity index (χ2n) is 6.28. The van der Waals surface area contributed by atoms with Crippen LogP contribution in [0, 0.1) is 0 Å². The van der Waals surface area contributed by atoms with E-state index in [2.05, 4.69) is 40.2 Å². The van der Waals surface area contributed by atoms with Gasteiger partial charge in [0.15, 0.2) is 0 Å². The summed E-state index contributed by atoms with van der Waals surface area (Å²) in [4.78, 5) is 7.31. The maximum absolute atomic E-state index is 5.75. The van der Waals surface area contributed by atoms with E-state index in [1.54, 1.807) is 11.3 Å². The van der Waals surface area contributed by atoms with E-state index in [0.717, 1.165) is 56.5 Å². The smallest absolute Gasteiger partial charge is 0.122 e. The third-order valence-electron chi connectivity index (χ3n) is 4.70. The lowest BCUT2D eigenvalue weighted by molar-refractivity contribution is -0.0157. The molecule has 0 aliphatic carbocycles. The fourth-order valence-corrected chi connectivity index (χ4v) is 4.34. The lowest BCUT2D eigenvalue weighted by Crippen LogP contribution is -2.39. The van der Waals surface area contributed by atoms with Crippen molar-refractivity contribution in [2.45, 2.75) is 31.5 Å². The van der Waals surface area contributed by atoms with Gasteiger partial charge in [-0.15, -0.1) is 11.3 Å². The average Bonchev–Trinajstić information content (AvgIpc) is 3.29. The highest BCUT2D eigenvalue weighted by Crippen LogP contribution is 2.32. The molecule has 0 spiro atoms. The lowest BCUT2D eigenvalue weighted by atomic mass is 10.1. The average molecular weight is 333 g/mol. The van der Waals surface area contributed by atoms with Crippen LogP contribution in [-0.2, 0) is 23.1 Å². The Morgan fingerprint density at radius 2 is 2.35 bits per heavy atom. The quantitative estimate of drug-likeness (QED) is 0.862. The van der Waals surface area contributed by atoms with Crippen molar-refractivity contribution in [1.29, 1.82) is 0 Å². The van der Waals surface area contributed by atoms with Crippen LogP contribution in [0.4, 0.5) is 0 Å². The van der Waals surface area contributed by atoms with Crippen LogP contribution in [0.2, 0.25) is 0 Å². The zero-order valence-corrected chi connectivity index (χ0v) is 14.3. The molecule has 2 fully saturated rings. The van der Waals surface area contributed by atoms with Crippen molar-refractivity contribution in [3.8, 4) is 0 Å². The molecule has 4 rings (SSSR count). The SMILES string of the molecule is Cn1cccc1[C@H]1COCCN1Cc1csc([C@H]2CCCO2)n1.